The van der Waals surface area contributed by atoms with Crippen molar-refractivity contribution < 1.29 is 14.6 Å². The van der Waals surface area contributed by atoms with Gasteiger partial charge in [-0.3, -0.25) is 0 Å². The maximum Gasteiger partial charge on any atom is 0.231 e. The van der Waals surface area contributed by atoms with Crippen LogP contribution in [0.15, 0.2) is 12.1 Å². The minimum atomic E-state index is -0.217. The van der Waals surface area contributed by atoms with Crippen molar-refractivity contribution in [3.8, 4) is 11.5 Å². The molecule has 0 radical (unpaired) electrons. The molecule has 1 aliphatic heterocycles. The molecule has 3 rings (SSSR count). The van der Waals surface area contributed by atoms with Gasteiger partial charge in [-0.25, -0.2) is 0 Å². The first-order chi connectivity index (χ1) is 8.98. The molecule has 1 aromatic carbocycles. The first kappa shape index (κ1) is 13.0. The molecule has 5 heteroatoms. The summed E-state index contributed by atoms with van der Waals surface area (Å²) < 4.78 is 10.6. The summed E-state index contributed by atoms with van der Waals surface area (Å²) in [5.74, 6) is 1.34. The molecule has 0 aromatic heterocycles. The Bertz CT molecular complexity index is 504. The highest BCUT2D eigenvalue weighted by atomic mass is 35.5. The minimum absolute atomic E-state index is 0.0693. The molecular formula is C14H18ClNO3. The molecule has 0 amide bonds. The summed E-state index contributed by atoms with van der Waals surface area (Å²) in [6.45, 7) is 5.09. The number of hydrogen-bond acceptors (Lipinski definition) is 4. The summed E-state index contributed by atoms with van der Waals surface area (Å²) in [5.41, 5.74) is 0.992. The van der Waals surface area contributed by atoms with Crippen LogP contribution in [0.25, 0.3) is 0 Å². The maximum atomic E-state index is 9.72. The molecule has 1 saturated carbocycles. The maximum absolute atomic E-state index is 9.72. The van der Waals surface area contributed by atoms with Crippen molar-refractivity contribution in [2.75, 3.05) is 6.79 Å². The molecule has 19 heavy (non-hydrogen) atoms. The lowest BCUT2D eigenvalue weighted by molar-refractivity contribution is -0.0729. The molecule has 104 valence electrons. The van der Waals surface area contributed by atoms with Gasteiger partial charge in [0.1, 0.15) is 0 Å². The fourth-order valence-corrected chi connectivity index (χ4v) is 2.90. The van der Waals surface area contributed by atoms with E-state index in [2.05, 4.69) is 19.2 Å². The number of rotatable bonds is 3. The fourth-order valence-electron chi connectivity index (χ4n) is 2.61. The van der Waals surface area contributed by atoms with Crippen LogP contribution >= 0.6 is 11.6 Å². The fraction of sp³-hybridized carbons (Fsp3) is 0.571. The topological polar surface area (TPSA) is 50.7 Å². The number of halogens is 1. The quantitative estimate of drug-likeness (QED) is 0.894. The van der Waals surface area contributed by atoms with Gasteiger partial charge in [0.25, 0.3) is 0 Å². The standard InChI is InChI=1S/C14H18ClNO3/c1-14(2)11(5-12(14)17)16-6-8-3-9(15)13-10(4-8)18-7-19-13/h3-4,11-12,16-17H,5-7H2,1-2H3. The summed E-state index contributed by atoms with van der Waals surface area (Å²) >= 11 is 6.14. The summed E-state index contributed by atoms with van der Waals surface area (Å²) in [6.07, 6.45) is 0.580. The summed E-state index contributed by atoms with van der Waals surface area (Å²) in [7, 11) is 0. The Balaban J connectivity index is 1.67. The highest BCUT2D eigenvalue weighted by molar-refractivity contribution is 6.32. The van der Waals surface area contributed by atoms with Gasteiger partial charge >= 0.3 is 0 Å². The van der Waals surface area contributed by atoms with Crippen molar-refractivity contribution in [3.05, 3.63) is 22.7 Å². The minimum Gasteiger partial charge on any atom is -0.454 e. The molecule has 1 aromatic rings. The summed E-state index contributed by atoms with van der Waals surface area (Å²) in [6, 6.07) is 4.17. The van der Waals surface area contributed by atoms with Crippen LogP contribution < -0.4 is 14.8 Å². The molecular weight excluding hydrogens is 266 g/mol. The lowest BCUT2D eigenvalue weighted by Crippen LogP contribution is -2.59. The van der Waals surface area contributed by atoms with E-state index in [4.69, 9.17) is 21.1 Å². The van der Waals surface area contributed by atoms with Gasteiger partial charge < -0.3 is 19.9 Å². The molecule has 2 unspecified atom stereocenters. The van der Waals surface area contributed by atoms with Gasteiger partial charge in [-0.05, 0) is 24.1 Å². The van der Waals surface area contributed by atoms with Crippen molar-refractivity contribution in [2.24, 2.45) is 5.41 Å². The van der Waals surface area contributed by atoms with E-state index in [9.17, 15) is 5.11 Å². The third kappa shape index (κ3) is 2.18. The van der Waals surface area contributed by atoms with Crippen LogP contribution in [0.1, 0.15) is 25.8 Å². The molecule has 1 heterocycles. The predicted octanol–water partition coefficient (Wildman–Crippen LogP) is 2.32. The third-order valence-electron chi connectivity index (χ3n) is 4.26. The average Bonchev–Trinajstić information content (AvgIpc) is 2.83. The van der Waals surface area contributed by atoms with E-state index in [1.807, 2.05) is 12.1 Å². The van der Waals surface area contributed by atoms with E-state index in [0.29, 0.717) is 29.1 Å². The first-order valence-electron chi connectivity index (χ1n) is 6.48. The van der Waals surface area contributed by atoms with Crippen LogP contribution in [0.5, 0.6) is 11.5 Å². The zero-order chi connectivity index (χ0) is 13.6. The second-order valence-corrected chi connectivity index (χ2v) is 6.22. The average molecular weight is 284 g/mol. The Morgan fingerprint density at radius 3 is 2.89 bits per heavy atom. The van der Waals surface area contributed by atoms with E-state index < -0.39 is 0 Å². The number of benzene rings is 1. The van der Waals surface area contributed by atoms with Crippen LogP contribution in [0.2, 0.25) is 5.02 Å². The van der Waals surface area contributed by atoms with Gasteiger partial charge in [-0.15, -0.1) is 0 Å². The normalized spacial score (nSPS) is 27.2. The van der Waals surface area contributed by atoms with Crippen LogP contribution in [0.4, 0.5) is 0 Å². The van der Waals surface area contributed by atoms with E-state index in [0.717, 1.165) is 12.0 Å². The highest BCUT2D eigenvalue weighted by Crippen LogP contribution is 2.42. The second kappa shape index (κ2) is 4.54. The highest BCUT2D eigenvalue weighted by Gasteiger charge is 2.46. The van der Waals surface area contributed by atoms with Crippen LogP contribution in [0.3, 0.4) is 0 Å². The van der Waals surface area contributed by atoms with E-state index in [1.165, 1.54) is 0 Å². The zero-order valence-electron chi connectivity index (χ0n) is 11.1. The molecule has 1 aliphatic carbocycles. The number of nitrogens with one attached hydrogen (secondary N) is 1. The Hall–Kier alpha value is -0.970. The number of ether oxygens (including phenoxy) is 2. The Morgan fingerprint density at radius 1 is 1.42 bits per heavy atom. The number of hydrogen-bond donors (Lipinski definition) is 2. The van der Waals surface area contributed by atoms with E-state index >= 15 is 0 Å². The van der Waals surface area contributed by atoms with Gasteiger partial charge in [0, 0.05) is 18.0 Å². The monoisotopic (exact) mass is 283 g/mol. The molecule has 4 nitrogen and oxygen atoms in total. The van der Waals surface area contributed by atoms with Crippen LogP contribution in [-0.4, -0.2) is 24.0 Å². The van der Waals surface area contributed by atoms with Crippen molar-refractivity contribution in [2.45, 2.75) is 39.0 Å². The Morgan fingerprint density at radius 2 is 2.21 bits per heavy atom. The number of aliphatic hydroxyl groups excluding tert-OH is 1. The molecule has 2 N–H and O–H groups in total. The third-order valence-corrected chi connectivity index (χ3v) is 4.54. The Labute approximate surface area is 117 Å². The van der Waals surface area contributed by atoms with Gasteiger partial charge in [0.05, 0.1) is 11.1 Å². The van der Waals surface area contributed by atoms with E-state index in [-0.39, 0.29) is 18.3 Å². The molecule has 0 spiro atoms. The zero-order valence-corrected chi connectivity index (χ0v) is 11.8. The van der Waals surface area contributed by atoms with Gasteiger partial charge in [0.15, 0.2) is 11.5 Å². The lowest BCUT2D eigenvalue weighted by Gasteiger charge is -2.49. The lowest BCUT2D eigenvalue weighted by atomic mass is 9.64. The van der Waals surface area contributed by atoms with Crippen molar-refractivity contribution >= 4 is 11.6 Å². The van der Waals surface area contributed by atoms with E-state index in [1.54, 1.807) is 0 Å². The van der Waals surface area contributed by atoms with Crippen molar-refractivity contribution in [1.82, 2.24) is 5.32 Å². The summed E-state index contributed by atoms with van der Waals surface area (Å²) in [5, 5.41) is 13.8. The predicted molar refractivity (Wildman–Crippen MR) is 72.6 cm³/mol. The smallest absolute Gasteiger partial charge is 0.231 e. The SMILES string of the molecule is CC1(C)C(O)CC1NCc1cc(Cl)c2c(c1)OCO2. The number of fused-ring (bicyclic) bond motifs is 1. The van der Waals surface area contributed by atoms with Gasteiger partial charge in [-0.1, -0.05) is 25.4 Å². The summed E-state index contributed by atoms with van der Waals surface area (Å²) in [4.78, 5) is 0. The van der Waals surface area contributed by atoms with Crippen LogP contribution in [0, 0.1) is 5.41 Å². The molecule has 1 fully saturated rings. The molecule has 2 aliphatic rings. The van der Waals surface area contributed by atoms with Gasteiger partial charge in [0.2, 0.25) is 6.79 Å². The van der Waals surface area contributed by atoms with Crippen molar-refractivity contribution in [1.29, 1.82) is 0 Å². The first-order valence-corrected chi connectivity index (χ1v) is 6.86. The molecule has 2 atom stereocenters. The largest absolute Gasteiger partial charge is 0.454 e. The molecule has 0 saturated heterocycles. The number of aliphatic hydroxyl groups is 1. The second-order valence-electron chi connectivity index (χ2n) is 5.82. The van der Waals surface area contributed by atoms with Gasteiger partial charge in [-0.2, -0.15) is 0 Å². The molecule has 0 bridgehead atoms. The van der Waals surface area contributed by atoms with Crippen LogP contribution in [-0.2, 0) is 6.54 Å². The van der Waals surface area contributed by atoms with Crippen molar-refractivity contribution in [3.63, 3.8) is 0 Å². The Kier molecular flexibility index (Phi) is 3.12.